The van der Waals surface area contributed by atoms with Crippen molar-refractivity contribution in [3.05, 3.63) is 36.0 Å². The Balaban J connectivity index is 0.00000264. The van der Waals surface area contributed by atoms with Crippen molar-refractivity contribution >= 4 is 29.9 Å². The molecule has 23 heavy (non-hydrogen) atoms. The Morgan fingerprint density at radius 1 is 1.35 bits per heavy atom. The van der Waals surface area contributed by atoms with Crippen LogP contribution in [0.3, 0.4) is 0 Å². The molecule has 2 aromatic rings. The topological polar surface area (TPSA) is 80.3 Å². The van der Waals surface area contributed by atoms with E-state index in [1.165, 1.54) is 0 Å². The fraction of sp³-hybridized carbons (Fsp3) is 0.533. The summed E-state index contributed by atoms with van der Waals surface area (Å²) in [5.41, 5.74) is 0.961. The van der Waals surface area contributed by atoms with E-state index in [4.69, 9.17) is 4.52 Å². The zero-order chi connectivity index (χ0) is 15.6. The van der Waals surface area contributed by atoms with E-state index in [9.17, 15) is 0 Å². The normalized spacial score (nSPS) is 11.1. The van der Waals surface area contributed by atoms with E-state index in [2.05, 4.69) is 32.8 Å². The zero-order valence-electron chi connectivity index (χ0n) is 13.7. The van der Waals surface area contributed by atoms with Gasteiger partial charge < -0.3 is 15.2 Å². The predicted octanol–water partition coefficient (Wildman–Crippen LogP) is 2.20. The average Bonchev–Trinajstić information content (AvgIpc) is 3.20. The lowest BCUT2D eigenvalue weighted by Crippen LogP contribution is -2.38. The largest absolute Gasteiger partial charge is 0.359 e. The van der Waals surface area contributed by atoms with E-state index in [-0.39, 0.29) is 24.0 Å². The zero-order valence-corrected chi connectivity index (χ0v) is 16.0. The van der Waals surface area contributed by atoms with Crippen LogP contribution in [-0.4, -0.2) is 34.0 Å². The van der Waals surface area contributed by atoms with Gasteiger partial charge in [0.2, 0.25) is 0 Å². The molecule has 0 aliphatic heterocycles. The minimum absolute atomic E-state index is 0. The number of aliphatic imine (C=N–C) groups is 1. The van der Waals surface area contributed by atoms with Gasteiger partial charge in [0.1, 0.15) is 6.54 Å². The second-order valence-electron chi connectivity index (χ2n) is 4.88. The molecule has 2 N–H and O–H groups in total. The summed E-state index contributed by atoms with van der Waals surface area (Å²) in [5.74, 6) is 1.57. The van der Waals surface area contributed by atoms with Crippen molar-refractivity contribution in [2.75, 3.05) is 13.1 Å². The Morgan fingerprint density at radius 2 is 2.22 bits per heavy atom. The summed E-state index contributed by atoms with van der Waals surface area (Å²) in [5, 5.41) is 14.7. The molecule has 0 aliphatic rings. The van der Waals surface area contributed by atoms with Crippen molar-refractivity contribution in [3.63, 3.8) is 0 Å². The minimum Gasteiger partial charge on any atom is -0.359 e. The summed E-state index contributed by atoms with van der Waals surface area (Å²) in [4.78, 5) is 4.50. The van der Waals surface area contributed by atoms with E-state index in [0.717, 1.165) is 49.9 Å². The molecule has 2 heterocycles. The average molecular weight is 432 g/mol. The first-order valence-electron chi connectivity index (χ1n) is 7.76. The van der Waals surface area contributed by atoms with Gasteiger partial charge in [0.25, 0.3) is 0 Å². The molecule has 2 aromatic heterocycles. The van der Waals surface area contributed by atoms with Crippen LogP contribution in [0.1, 0.15) is 31.7 Å². The maximum atomic E-state index is 5.23. The van der Waals surface area contributed by atoms with Crippen LogP contribution < -0.4 is 10.6 Å². The van der Waals surface area contributed by atoms with Gasteiger partial charge in [0.05, 0.1) is 5.69 Å². The summed E-state index contributed by atoms with van der Waals surface area (Å²) in [6.07, 6.45) is 5.61. The lowest BCUT2D eigenvalue weighted by Gasteiger charge is -2.10. The highest BCUT2D eigenvalue weighted by Crippen LogP contribution is 2.05. The Morgan fingerprint density at radius 3 is 2.87 bits per heavy atom. The molecule has 0 saturated carbocycles. The van der Waals surface area contributed by atoms with E-state index >= 15 is 0 Å². The molecule has 0 unspecified atom stereocenters. The van der Waals surface area contributed by atoms with Gasteiger partial charge >= 0.3 is 0 Å². The quantitative estimate of drug-likeness (QED) is 0.289. The molecule has 0 bridgehead atoms. The molecule has 0 saturated heterocycles. The van der Waals surface area contributed by atoms with Crippen LogP contribution in [0, 0.1) is 0 Å². The molecule has 0 atom stereocenters. The summed E-state index contributed by atoms with van der Waals surface area (Å²) in [6.45, 7) is 7.13. The summed E-state index contributed by atoms with van der Waals surface area (Å²) in [7, 11) is 0. The molecule has 0 aliphatic carbocycles. The number of nitrogens with one attached hydrogen (secondary N) is 2. The third kappa shape index (κ3) is 7.02. The minimum atomic E-state index is 0. The van der Waals surface area contributed by atoms with E-state index in [1.54, 1.807) is 6.20 Å². The molecular weight excluding hydrogens is 407 g/mol. The second-order valence-corrected chi connectivity index (χ2v) is 4.88. The smallest absolute Gasteiger partial charge is 0.191 e. The molecule has 0 aromatic carbocycles. The van der Waals surface area contributed by atoms with Crippen molar-refractivity contribution in [1.29, 1.82) is 0 Å². The van der Waals surface area contributed by atoms with Crippen molar-refractivity contribution in [3.8, 4) is 0 Å². The van der Waals surface area contributed by atoms with Crippen molar-refractivity contribution in [2.24, 2.45) is 4.99 Å². The molecule has 8 heteroatoms. The molecule has 0 spiro atoms. The van der Waals surface area contributed by atoms with Crippen molar-refractivity contribution < 1.29 is 4.52 Å². The number of guanidine groups is 1. The first kappa shape index (κ1) is 19.5. The Kier molecular flexibility index (Phi) is 9.34. The lowest BCUT2D eigenvalue weighted by atomic mass is 10.3. The van der Waals surface area contributed by atoms with Gasteiger partial charge in [0, 0.05) is 38.1 Å². The second kappa shape index (κ2) is 11.0. The highest BCUT2D eigenvalue weighted by molar-refractivity contribution is 14.0. The SMILES string of the molecule is CCNC(=NCc1cc(CC)no1)NCCCn1cccn1.I. The molecule has 128 valence electrons. The monoisotopic (exact) mass is 432 g/mol. The van der Waals surface area contributed by atoms with Gasteiger partial charge in [-0.3, -0.25) is 4.68 Å². The van der Waals surface area contributed by atoms with Gasteiger partial charge in [0.15, 0.2) is 11.7 Å². The van der Waals surface area contributed by atoms with E-state index in [1.807, 2.05) is 29.9 Å². The number of hydrogen-bond acceptors (Lipinski definition) is 4. The molecule has 0 radical (unpaired) electrons. The fourth-order valence-electron chi connectivity index (χ4n) is 1.98. The van der Waals surface area contributed by atoms with Gasteiger partial charge in [-0.05, 0) is 25.8 Å². The third-order valence-electron chi connectivity index (χ3n) is 3.12. The van der Waals surface area contributed by atoms with E-state index in [0.29, 0.717) is 6.54 Å². The highest BCUT2D eigenvalue weighted by atomic mass is 127. The first-order chi connectivity index (χ1) is 10.8. The Labute approximate surface area is 153 Å². The summed E-state index contributed by atoms with van der Waals surface area (Å²) < 4.78 is 7.16. The molecule has 0 fully saturated rings. The van der Waals surface area contributed by atoms with Crippen molar-refractivity contribution in [1.82, 2.24) is 25.6 Å². The van der Waals surface area contributed by atoms with Crippen LogP contribution in [0.15, 0.2) is 34.0 Å². The van der Waals surface area contributed by atoms with Gasteiger partial charge in [-0.15, -0.1) is 24.0 Å². The van der Waals surface area contributed by atoms with Crippen LogP contribution >= 0.6 is 24.0 Å². The summed E-state index contributed by atoms with van der Waals surface area (Å²) >= 11 is 0. The third-order valence-corrected chi connectivity index (χ3v) is 3.12. The molecule has 2 rings (SSSR count). The molecule has 7 nitrogen and oxygen atoms in total. The standard InChI is InChI=1S/C15H24N6O.HI/c1-3-13-11-14(22-20-13)12-18-15(16-4-2)17-7-5-9-21-10-6-8-19-21;/h6,8,10-11H,3-5,7,9,12H2,1-2H3,(H2,16,17,18);1H. The number of aromatic nitrogens is 3. The number of halogens is 1. The first-order valence-corrected chi connectivity index (χ1v) is 7.76. The number of rotatable bonds is 8. The maximum Gasteiger partial charge on any atom is 0.191 e. The predicted molar refractivity (Wildman–Crippen MR) is 101 cm³/mol. The molecule has 0 amide bonds. The fourth-order valence-corrected chi connectivity index (χ4v) is 1.98. The highest BCUT2D eigenvalue weighted by Gasteiger charge is 2.03. The van der Waals surface area contributed by atoms with Gasteiger partial charge in [-0.25, -0.2) is 4.99 Å². The van der Waals surface area contributed by atoms with Crippen LogP contribution in [0.4, 0.5) is 0 Å². The Hall–Kier alpha value is -1.58. The Bertz CT molecular complexity index is 566. The van der Waals surface area contributed by atoms with Crippen LogP contribution in [0.25, 0.3) is 0 Å². The van der Waals surface area contributed by atoms with Crippen molar-refractivity contribution in [2.45, 2.75) is 39.8 Å². The van der Waals surface area contributed by atoms with E-state index < -0.39 is 0 Å². The van der Waals surface area contributed by atoms with Gasteiger partial charge in [-0.1, -0.05) is 12.1 Å². The number of nitrogens with zero attached hydrogens (tertiary/aromatic N) is 4. The molecular formula is C15H25IN6O. The number of aryl methyl sites for hydroxylation is 2. The van der Waals surface area contributed by atoms with Crippen LogP contribution in [0.2, 0.25) is 0 Å². The number of hydrogen-bond donors (Lipinski definition) is 2. The lowest BCUT2D eigenvalue weighted by molar-refractivity contribution is 0.379. The maximum absolute atomic E-state index is 5.23. The van der Waals surface area contributed by atoms with Crippen LogP contribution in [0.5, 0.6) is 0 Å². The summed E-state index contributed by atoms with van der Waals surface area (Å²) in [6, 6.07) is 3.88. The van der Waals surface area contributed by atoms with Gasteiger partial charge in [-0.2, -0.15) is 5.10 Å². The van der Waals surface area contributed by atoms with Crippen LogP contribution in [-0.2, 0) is 19.5 Å².